The molecule has 0 heterocycles. The van der Waals surface area contributed by atoms with Gasteiger partial charge in [-0.05, 0) is 30.2 Å². The topological polar surface area (TPSA) is 71.4 Å². The summed E-state index contributed by atoms with van der Waals surface area (Å²) in [5, 5.41) is 8.59. The number of rotatable bonds is 5. The highest BCUT2D eigenvalue weighted by molar-refractivity contribution is 7.91. The standard InChI is InChI=1S/C13H16O4S/c1-3-18(16,17)12-6-4-5-11(9-12)10(2)7-8-13(14)15/h4-7,9H,3,8H2,1-2H3,(H,14,15)/b10-7+. The first-order valence-corrected chi connectivity index (χ1v) is 7.24. The quantitative estimate of drug-likeness (QED) is 0.889. The lowest BCUT2D eigenvalue weighted by Crippen LogP contribution is -2.03. The molecule has 18 heavy (non-hydrogen) atoms. The Morgan fingerprint density at radius 3 is 2.61 bits per heavy atom. The van der Waals surface area contributed by atoms with Gasteiger partial charge in [0.05, 0.1) is 17.1 Å². The third-order valence-corrected chi connectivity index (χ3v) is 4.34. The van der Waals surface area contributed by atoms with Gasteiger partial charge in [-0.15, -0.1) is 0 Å². The van der Waals surface area contributed by atoms with Crippen molar-refractivity contribution < 1.29 is 18.3 Å². The second kappa shape index (κ2) is 5.82. The summed E-state index contributed by atoms with van der Waals surface area (Å²) in [6.45, 7) is 3.36. The predicted molar refractivity (Wildman–Crippen MR) is 70.1 cm³/mol. The van der Waals surface area contributed by atoms with Crippen LogP contribution in [0.1, 0.15) is 25.8 Å². The molecule has 0 radical (unpaired) electrons. The maximum Gasteiger partial charge on any atom is 0.307 e. The van der Waals surface area contributed by atoms with E-state index in [-0.39, 0.29) is 17.1 Å². The molecule has 0 unspecified atom stereocenters. The summed E-state index contributed by atoms with van der Waals surface area (Å²) in [4.78, 5) is 10.7. The largest absolute Gasteiger partial charge is 0.481 e. The van der Waals surface area contributed by atoms with Gasteiger partial charge < -0.3 is 5.11 Å². The van der Waals surface area contributed by atoms with Crippen LogP contribution in [0.25, 0.3) is 5.57 Å². The van der Waals surface area contributed by atoms with E-state index in [1.54, 1.807) is 44.2 Å². The monoisotopic (exact) mass is 268 g/mol. The Morgan fingerprint density at radius 2 is 2.06 bits per heavy atom. The molecular formula is C13H16O4S. The molecule has 0 aliphatic carbocycles. The highest BCUT2D eigenvalue weighted by Crippen LogP contribution is 2.19. The molecule has 0 atom stereocenters. The van der Waals surface area contributed by atoms with Crippen LogP contribution in [0.2, 0.25) is 0 Å². The van der Waals surface area contributed by atoms with Crippen molar-refractivity contribution in [2.24, 2.45) is 0 Å². The van der Waals surface area contributed by atoms with Crippen LogP contribution >= 0.6 is 0 Å². The Morgan fingerprint density at radius 1 is 1.39 bits per heavy atom. The average molecular weight is 268 g/mol. The van der Waals surface area contributed by atoms with Gasteiger partial charge in [0.25, 0.3) is 0 Å². The second-order valence-electron chi connectivity index (χ2n) is 3.92. The molecule has 0 aliphatic rings. The number of carbonyl (C=O) groups is 1. The average Bonchev–Trinajstić information content (AvgIpc) is 2.36. The molecule has 0 saturated carbocycles. The van der Waals surface area contributed by atoms with E-state index in [4.69, 9.17) is 5.11 Å². The first-order chi connectivity index (χ1) is 8.36. The number of carboxylic acid groups (broad SMARTS) is 1. The van der Waals surface area contributed by atoms with E-state index < -0.39 is 15.8 Å². The lowest BCUT2D eigenvalue weighted by Gasteiger charge is -2.05. The zero-order valence-electron chi connectivity index (χ0n) is 10.4. The summed E-state index contributed by atoms with van der Waals surface area (Å²) in [7, 11) is -3.23. The molecule has 0 bridgehead atoms. The van der Waals surface area contributed by atoms with E-state index in [1.807, 2.05) is 0 Å². The van der Waals surface area contributed by atoms with Crippen molar-refractivity contribution >= 4 is 21.4 Å². The molecule has 0 saturated heterocycles. The molecule has 98 valence electrons. The zero-order chi connectivity index (χ0) is 13.8. The van der Waals surface area contributed by atoms with E-state index in [0.29, 0.717) is 0 Å². The highest BCUT2D eigenvalue weighted by atomic mass is 32.2. The fourth-order valence-corrected chi connectivity index (χ4v) is 2.39. The van der Waals surface area contributed by atoms with Gasteiger partial charge in [-0.1, -0.05) is 25.1 Å². The molecule has 4 nitrogen and oxygen atoms in total. The van der Waals surface area contributed by atoms with Crippen molar-refractivity contribution in [2.75, 3.05) is 5.75 Å². The fourth-order valence-electron chi connectivity index (χ4n) is 1.46. The van der Waals surface area contributed by atoms with Crippen LogP contribution in [0.3, 0.4) is 0 Å². The Balaban J connectivity index is 3.10. The Kier molecular flexibility index (Phi) is 4.67. The molecule has 0 aromatic heterocycles. The van der Waals surface area contributed by atoms with Crippen LogP contribution < -0.4 is 0 Å². The second-order valence-corrected chi connectivity index (χ2v) is 6.19. The number of hydrogen-bond acceptors (Lipinski definition) is 3. The summed E-state index contributed by atoms with van der Waals surface area (Å²) >= 11 is 0. The Labute approximate surface area is 107 Å². The fraction of sp³-hybridized carbons (Fsp3) is 0.308. The summed E-state index contributed by atoms with van der Waals surface area (Å²) < 4.78 is 23.5. The van der Waals surface area contributed by atoms with E-state index in [0.717, 1.165) is 11.1 Å². The number of aliphatic carboxylic acids is 1. The molecule has 1 N–H and O–H groups in total. The summed E-state index contributed by atoms with van der Waals surface area (Å²) in [6, 6.07) is 6.55. The molecule has 0 amide bonds. The minimum atomic E-state index is -3.23. The van der Waals surface area contributed by atoms with Crippen molar-refractivity contribution in [1.82, 2.24) is 0 Å². The SMILES string of the molecule is CCS(=O)(=O)c1cccc(/C(C)=C/CC(=O)O)c1. The first-order valence-electron chi connectivity index (χ1n) is 5.58. The highest BCUT2D eigenvalue weighted by Gasteiger charge is 2.11. The number of sulfone groups is 1. The van der Waals surface area contributed by atoms with Crippen molar-refractivity contribution in [3.05, 3.63) is 35.9 Å². The molecule has 1 aromatic carbocycles. The van der Waals surface area contributed by atoms with E-state index in [9.17, 15) is 13.2 Å². The van der Waals surface area contributed by atoms with Gasteiger partial charge in [0, 0.05) is 0 Å². The van der Waals surface area contributed by atoms with Crippen LogP contribution in [-0.2, 0) is 14.6 Å². The van der Waals surface area contributed by atoms with Crippen LogP contribution in [0.5, 0.6) is 0 Å². The number of allylic oxidation sites excluding steroid dienone is 1. The van der Waals surface area contributed by atoms with Gasteiger partial charge in [0.15, 0.2) is 9.84 Å². The summed E-state index contributed by atoms with van der Waals surface area (Å²) in [5.41, 5.74) is 1.48. The van der Waals surface area contributed by atoms with Crippen molar-refractivity contribution in [2.45, 2.75) is 25.2 Å². The van der Waals surface area contributed by atoms with Gasteiger partial charge in [-0.3, -0.25) is 4.79 Å². The molecular weight excluding hydrogens is 252 g/mol. The van der Waals surface area contributed by atoms with E-state index in [1.165, 1.54) is 0 Å². The van der Waals surface area contributed by atoms with Gasteiger partial charge in [-0.2, -0.15) is 0 Å². The minimum absolute atomic E-state index is 0.0499. The van der Waals surface area contributed by atoms with Crippen LogP contribution in [0.15, 0.2) is 35.2 Å². The third kappa shape index (κ3) is 3.70. The molecule has 1 rings (SSSR count). The molecule has 0 spiro atoms. The molecule has 0 aliphatic heterocycles. The van der Waals surface area contributed by atoms with Crippen molar-refractivity contribution in [1.29, 1.82) is 0 Å². The lowest BCUT2D eigenvalue weighted by molar-refractivity contribution is -0.135. The van der Waals surface area contributed by atoms with Gasteiger partial charge in [0.2, 0.25) is 0 Å². The molecule has 5 heteroatoms. The van der Waals surface area contributed by atoms with Crippen LogP contribution in [0, 0.1) is 0 Å². The lowest BCUT2D eigenvalue weighted by atomic mass is 10.1. The van der Waals surface area contributed by atoms with E-state index in [2.05, 4.69) is 0 Å². The number of benzene rings is 1. The summed E-state index contributed by atoms with van der Waals surface area (Å²) in [5.74, 6) is -0.861. The maximum atomic E-state index is 11.7. The van der Waals surface area contributed by atoms with Gasteiger partial charge >= 0.3 is 5.97 Å². The first kappa shape index (κ1) is 14.4. The zero-order valence-corrected chi connectivity index (χ0v) is 11.2. The molecule has 0 fully saturated rings. The number of carboxylic acids is 1. The van der Waals surface area contributed by atoms with Crippen LogP contribution in [0.4, 0.5) is 0 Å². The number of hydrogen-bond donors (Lipinski definition) is 1. The maximum absolute atomic E-state index is 11.7. The predicted octanol–water partition coefficient (Wildman–Crippen LogP) is 2.36. The Hall–Kier alpha value is -1.62. The van der Waals surface area contributed by atoms with E-state index >= 15 is 0 Å². The van der Waals surface area contributed by atoms with Crippen LogP contribution in [-0.4, -0.2) is 25.2 Å². The van der Waals surface area contributed by atoms with Gasteiger partial charge in [0.1, 0.15) is 0 Å². The Bertz CT molecular complexity index is 570. The minimum Gasteiger partial charge on any atom is -0.481 e. The third-order valence-electron chi connectivity index (χ3n) is 2.61. The van der Waals surface area contributed by atoms with Crippen molar-refractivity contribution in [3.8, 4) is 0 Å². The normalized spacial score (nSPS) is 12.4. The smallest absolute Gasteiger partial charge is 0.307 e. The van der Waals surface area contributed by atoms with Gasteiger partial charge in [-0.25, -0.2) is 8.42 Å². The summed E-state index contributed by atoms with van der Waals surface area (Å²) in [6.07, 6.45) is 1.50. The van der Waals surface area contributed by atoms with Crippen molar-refractivity contribution in [3.63, 3.8) is 0 Å². The molecule has 1 aromatic rings.